The Morgan fingerprint density at radius 1 is 0.732 bits per heavy atom. The highest BCUT2D eigenvalue weighted by atomic mass is 16.5. The number of hydrogen-bond donors (Lipinski definition) is 4. The van der Waals surface area contributed by atoms with Crippen molar-refractivity contribution < 1.29 is 33.5 Å². The van der Waals surface area contributed by atoms with Crippen molar-refractivity contribution in [2.45, 2.75) is 63.5 Å². The van der Waals surface area contributed by atoms with E-state index in [1.54, 1.807) is 37.5 Å². The molecule has 13 heteroatoms. The largest absolute Gasteiger partial charge is 0.444 e. The summed E-state index contributed by atoms with van der Waals surface area (Å²) in [5, 5.41) is 11.4. The van der Waals surface area contributed by atoms with Gasteiger partial charge in [0.25, 0.3) is 0 Å². The number of aromatic nitrogens is 1. The van der Waals surface area contributed by atoms with Crippen molar-refractivity contribution >= 4 is 46.5 Å². The first-order chi connectivity index (χ1) is 27.0. The lowest BCUT2D eigenvalue weighted by Gasteiger charge is -2.29. The molecule has 13 nitrogen and oxygen atoms in total. The van der Waals surface area contributed by atoms with E-state index in [2.05, 4.69) is 21.3 Å². The molecular formula is C43H44N6O7. The molecule has 2 heterocycles. The number of nitrogens with zero attached hydrogens (tertiary/aromatic N) is 2. The van der Waals surface area contributed by atoms with Crippen molar-refractivity contribution in [3.63, 3.8) is 0 Å². The molecule has 0 bridgehead atoms. The minimum Gasteiger partial charge on any atom is -0.444 e. The SMILES string of the molecule is CC1NC(=O)C(CC(=O)NC(Cc2cn(C(=O)OCc3ccccc3)c3ccccc23)C(=O)NC(Cc2ccccc2)C(=O)N(C)Cc2ccccc2)NC1=O. The second kappa shape index (κ2) is 18.0. The Labute approximate surface area is 324 Å². The van der Waals surface area contributed by atoms with Crippen molar-refractivity contribution in [2.24, 2.45) is 0 Å². The van der Waals surface area contributed by atoms with Gasteiger partial charge in [-0.1, -0.05) is 109 Å². The Kier molecular flexibility index (Phi) is 12.6. The smallest absolute Gasteiger partial charge is 0.418 e. The summed E-state index contributed by atoms with van der Waals surface area (Å²) in [7, 11) is 1.66. The molecule has 56 heavy (non-hydrogen) atoms. The average molecular weight is 757 g/mol. The van der Waals surface area contributed by atoms with E-state index in [0.29, 0.717) is 23.0 Å². The molecule has 5 amide bonds. The van der Waals surface area contributed by atoms with E-state index in [9.17, 15) is 28.8 Å². The lowest BCUT2D eigenvalue weighted by Crippen LogP contribution is -2.62. The van der Waals surface area contributed by atoms with Crippen molar-refractivity contribution in [2.75, 3.05) is 7.05 Å². The van der Waals surface area contributed by atoms with Gasteiger partial charge in [-0.25, -0.2) is 4.79 Å². The summed E-state index contributed by atoms with van der Waals surface area (Å²) in [5.74, 6) is -2.65. The molecule has 5 aromatic rings. The molecule has 0 radical (unpaired) electrons. The van der Waals surface area contributed by atoms with E-state index in [4.69, 9.17) is 4.74 Å². The summed E-state index contributed by atoms with van der Waals surface area (Å²) in [6.07, 6.45) is 0.576. The number of likely N-dealkylation sites (N-methyl/N-ethyl adjacent to an activating group) is 1. The van der Waals surface area contributed by atoms with Crippen molar-refractivity contribution in [3.8, 4) is 0 Å². The van der Waals surface area contributed by atoms with Gasteiger partial charge < -0.3 is 30.9 Å². The third-order valence-corrected chi connectivity index (χ3v) is 9.58. The van der Waals surface area contributed by atoms with Gasteiger partial charge >= 0.3 is 6.09 Å². The van der Waals surface area contributed by atoms with Gasteiger partial charge in [0, 0.05) is 38.0 Å². The van der Waals surface area contributed by atoms with E-state index in [-0.39, 0.29) is 25.4 Å². The fourth-order valence-electron chi connectivity index (χ4n) is 6.63. The monoisotopic (exact) mass is 756 g/mol. The lowest BCUT2D eigenvalue weighted by molar-refractivity contribution is -0.139. The molecule has 1 saturated heterocycles. The molecule has 1 aromatic heterocycles. The van der Waals surface area contributed by atoms with E-state index < -0.39 is 60.3 Å². The maximum atomic E-state index is 14.4. The summed E-state index contributed by atoms with van der Waals surface area (Å²) in [4.78, 5) is 82.0. The van der Waals surface area contributed by atoms with Crippen LogP contribution in [-0.4, -0.2) is 76.3 Å². The van der Waals surface area contributed by atoms with Gasteiger partial charge in [0.1, 0.15) is 30.8 Å². The molecule has 4 atom stereocenters. The van der Waals surface area contributed by atoms with Crippen LogP contribution in [0.25, 0.3) is 10.9 Å². The maximum Gasteiger partial charge on any atom is 0.418 e. The van der Waals surface area contributed by atoms with Crippen LogP contribution in [0.1, 0.15) is 35.6 Å². The topological polar surface area (TPSA) is 168 Å². The lowest BCUT2D eigenvalue weighted by atomic mass is 10.0. The maximum absolute atomic E-state index is 14.4. The normalized spacial score (nSPS) is 16.2. The number of nitrogens with one attached hydrogen (secondary N) is 4. The molecule has 4 unspecified atom stereocenters. The minimum atomic E-state index is -1.27. The quantitative estimate of drug-likeness (QED) is 0.134. The van der Waals surface area contributed by atoms with Crippen molar-refractivity contribution in [1.82, 2.24) is 30.7 Å². The van der Waals surface area contributed by atoms with Crippen LogP contribution in [-0.2, 0) is 54.7 Å². The van der Waals surface area contributed by atoms with Gasteiger partial charge in [-0.2, -0.15) is 0 Å². The number of carbonyl (C=O) groups excluding carboxylic acids is 6. The van der Waals surface area contributed by atoms with Crippen LogP contribution in [0, 0.1) is 0 Å². The molecule has 6 rings (SSSR count). The Morgan fingerprint density at radius 3 is 2.02 bits per heavy atom. The average Bonchev–Trinajstić information content (AvgIpc) is 3.57. The van der Waals surface area contributed by atoms with E-state index >= 15 is 0 Å². The Balaban J connectivity index is 1.28. The number of piperazine rings is 1. The van der Waals surface area contributed by atoms with Gasteiger partial charge in [-0.05, 0) is 35.2 Å². The number of benzene rings is 4. The van der Waals surface area contributed by atoms with Crippen molar-refractivity contribution in [3.05, 3.63) is 144 Å². The van der Waals surface area contributed by atoms with Crippen LogP contribution >= 0.6 is 0 Å². The van der Waals surface area contributed by atoms with Crippen molar-refractivity contribution in [1.29, 1.82) is 0 Å². The fraction of sp³-hybridized carbons (Fsp3) is 0.256. The van der Waals surface area contributed by atoms with Crippen LogP contribution in [0.3, 0.4) is 0 Å². The van der Waals surface area contributed by atoms with Crippen LogP contribution in [0.4, 0.5) is 4.79 Å². The fourth-order valence-corrected chi connectivity index (χ4v) is 6.63. The zero-order valence-corrected chi connectivity index (χ0v) is 31.1. The zero-order chi connectivity index (χ0) is 39.6. The summed E-state index contributed by atoms with van der Waals surface area (Å²) >= 11 is 0. The number of para-hydroxylation sites is 1. The summed E-state index contributed by atoms with van der Waals surface area (Å²) < 4.78 is 6.98. The van der Waals surface area contributed by atoms with Gasteiger partial charge in [-0.15, -0.1) is 0 Å². The molecule has 4 N–H and O–H groups in total. The molecular weight excluding hydrogens is 713 g/mol. The van der Waals surface area contributed by atoms with Gasteiger partial charge in [0.15, 0.2) is 0 Å². The zero-order valence-electron chi connectivity index (χ0n) is 31.1. The molecule has 0 spiro atoms. The highest BCUT2D eigenvalue weighted by molar-refractivity contribution is 6.00. The second-order valence-corrected chi connectivity index (χ2v) is 13.8. The molecule has 0 aliphatic carbocycles. The summed E-state index contributed by atoms with van der Waals surface area (Å²) in [6.45, 7) is 1.87. The number of ether oxygens (including phenoxy) is 1. The number of amides is 5. The summed E-state index contributed by atoms with van der Waals surface area (Å²) in [5.41, 5.74) is 3.60. The molecule has 1 fully saturated rings. The molecule has 1 aliphatic heterocycles. The number of fused-ring (bicyclic) bond motifs is 1. The van der Waals surface area contributed by atoms with Crippen LogP contribution in [0.2, 0.25) is 0 Å². The standard InChI is InChI=1S/C43H44N6O7/c1-28-39(51)46-35(40(52)44-28)24-38(50)45-34(23-32-26-49(37-21-13-12-20-33(32)37)43(55)56-27-31-18-10-5-11-19-31)41(53)47-36(22-29-14-6-3-7-15-29)42(54)48(2)25-30-16-8-4-9-17-30/h3-21,26,28,34-36H,22-25,27H2,1-2H3,(H,44,52)(H,45,50)(H,46,51)(H,47,53). The predicted molar refractivity (Wildman–Crippen MR) is 209 cm³/mol. The highest BCUT2D eigenvalue weighted by Crippen LogP contribution is 2.24. The molecule has 288 valence electrons. The number of rotatable bonds is 14. The number of hydrogen-bond acceptors (Lipinski definition) is 7. The molecule has 0 saturated carbocycles. The van der Waals surface area contributed by atoms with Crippen LogP contribution in [0.5, 0.6) is 0 Å². The molecule has 1 aliphatic rings. The summed E-state index contributed by atoms with van der Waals surface area (Å²) in [6, 6.07) is 30.9. The van der Waals surface area contributed by atoms with Crippen LogP contribution < -0.4 is 21.3 Å². The first-order valence-corrected chi connectivity index (χ1v) is 18.4. The third kappa shape index (κ3) is 9.85. The van der Waals surface area contributed by atoms with Crippen LogP contribution in [0.15, 0.2) is 121 Å². The van der Waals surface area contributed by atoms with Gasteiger partial charge in [-0.3, -0.25) is 28.5 Å². The predicted octanol–water partition coefficient (Wildman–Crippen LogP) is 3.63. The van der Waals surface area contributed by atoms with Gasteiger partial charge in [0.05, 0.1) is 11.9 Å². The van der Waals surface area contributed by atoms with E-state index in [1.807, 2.05) is 91.0 Å². The Bertz CT molecular complexity index is 2190. The van der Waals surface area contributed by atoms with E-state index in [1.165, 1.54) is 16.4 Å². The molecule has 4 aromatic carbocycles. The first-order valence-electron chi connectivity index (χ1n) is 18.4. The Morgan fingerprint density at radius 2 is 1.34 bits per heavy atom. The number of carbonyl (C=O) groups is 6. The van der Waals surface area contributed by atoms with Gasteiger partial charge in [0.2, 0.25) is 29.5 Å². The Hall–Kier alpha value is -6.76. The first kappa shape index (κ1) is 38.9. The minimum absolute atomic E-state index is 0.0439. The second-order valence-electron chi connectivity index (χ2n) is 13.8. The third-order valence-electron chi connectivity index (χ3n) is 9.58. The highest BCUT2D eigenvalue weighted by Gasteiger charge is 2.35. The van der Waals surface area contributed by atoms with E-state index in [0.717, 1.165) is 16.7 Å².